The predicted molar refractivity (Wildman–Crippen MR) is 132 cm³/mol. The number of ether oxygens (including phenoxy) is 1. The minimum atomic E-state index is -3.74. The number of rotatable bonds is 8. The van der Waals surface area contributed by atoms with Crippen molar-refractivity contribution in [2.75, 3.05) is 36.4 Å². The lowest BCUT2D eigenvalue weighted by molar-refractivity contribution is -0.144. The number of aromatic nitrogens is 2. The molecule has 1 atom stereocenters. The van der Waals surface area contributed by atoms with Crippen LogP contribution in [0.2, 0.25) is 0 Å². The van der Waals surface area contributed by atoms with Gasteiger partial charge < -0.3 is 20.1 Å². The van der Waals surface area contributed by atoms with Crippen molar-refractivity contribution in [1.82, 2.24) is 14.3 Å². The molecule has 0 radical (unpaired) electrons. The standard InChI is InChI=1S/C24H26FN5O5S/c1-16-15-22(27-19-5-3-18(25)4-6-19)28-24(26-16)29-11-13-30(14-12-29)36(33,34)21-9-7-20(8-10-21)35-17(2)23(31)32/h3-10,15,17H,11-14H2,1-2H3,(H,31,32)(H,26,27,28)/t17-/m1/s1. The van der Waals surface area contributed by atoms with E-state index in [-0.39, 0.29) is 29.6 Å². The summed E-state index contributed by atoms with van der Waals surface area (Å²) in [5.74, 6) is -0.134. The number of hydrogen-bond donors (Lipinski definition) is 2. The second kappa shape index (κ2) is 10.5. The molecule has 0 bridgehead atoms. The Hall–Kier alpha value is -3.77. The van der Waals surface area contributed by atoms with Crippen LogP contribution in [0.15, 0.2) is 59.5 Å². The highest BCUT2D eigenvalue weighted by Crippen LogP contribution is 2.24. The molecule has 1 aromatic heterocycles. The van der Waals surface area contributed by atoms with E-state index in [0.717, 1.165) is 5.69 Å². The Morgan fingerprint density at radius 3 is 2.31 bits per heavy atom. The maximum atomic E-state index is 13.2. The summed E-state index contributed by atoms with van der Waals surface area (Å²) in [5.41, 5.74) is 1.42. The summed E-state index contributed by atoms with van der Waals surface area (Å²) in [5, 5.41) is 12.1. The normalized spacial score (nSPS) is 15.4. The van der Waals surface area contributed by atoms with Crippen LogP contribution in [0.5, 0.6) is 5.75 Å². The zero-order valence-electron chi connectivity index (χ0n) is 19.8. The molecule has 2 aromatic carbocycles. The molecule has 10 nitrogen and oxygen atoms in total. The van der Waals surface area contributed by atoms with Gasteiger partial charge in [-0.1, -0.05) is 0 Å². The van der Waals surface area contributed by atoms with Gasteiger partial charge in [0.1, 0.15) is 17.4 Å². The number of nitrogens with zero attached hydrogens (tertiary/aromatic N) is 4. The van der Waals surface area contributed by atoms with Gasteiger partial charge in [-0.2, -0.15) is 9.29 Å². The van der Waals surface area contributed by atoms with Crippen LogP contribution in [0.1, 0.15) is 12.6 Å². The first-order valence-electron chi connectivity index (χ1n) is 11.2. The molecule has 36 heavy (non-hydrogen) atoms. The van der Waals surface area contributed by atoms with Crippen LogP contribution in [0.25, 0.3) is 0 Å². The highest BCUT2D eigenvalue weighted by Gasteiger charge is 2.29. The van der Waals surface area contributed by atoms with Crippen LogP contribution in [0.4, 0.5) is 21.8 Å². The molecule has 2 heterocycles. The fourth-order valence-corrected chi connectivity index (χ4v) is 5.08. The molecule has 0 aliphatic carbocycles. The summed E-state index contributed by atoms with van der Waals surface area (Å²) in [6.07, 6.45) is -1.05. The van der Waals surface area contributed by atoms with Crippen molar-refractivity contribution in [3.8, 4) is 5.75 Å². The number of nitrogens with one attached hydrogen (secondary N) is 1. The first kappa shape index (κ1) is 25.3. The van der Waals surface area contributed by atoms with Gasteiger partial charge >= 0.3 is 5.97 Å². The number of carbonyl (C=O) groups is 1. The Bertz CT molecular complexity index is 1330. The number of anilines is 3. The van der Waals surface area contributed by atoms with Gasteiger partial charge in [0.15, 0.2) is 6.10 Å². The summed E-state index contributed by atoms with van der Waals surface area (Å²) in [7, 11) is -3.74. The highest BCUT2D eigenvalue weighted by atomic mass is 32.2. The fourth-order valence-electron chi connectivity index (χ4n) is 3.66. The van der Waals surface area contributed by atoms with E-state index < -0.39 is 22.1 Å². The van der Waals surface area contributed by atoms with Crippen LogP contribution < -0.4 is 15.0 Å². The zero-order chi connectivity index (χ0) is 25.9. The number of piperazine rings is 1. The number of halogens is 1. The number of aliphatic carboxylic acids is 1. The van der Waals surface area contributed by atoms with Gasteiger partial charge in [-0.05, 0) is 62.4 Å². The Morgan fingerprint density at radius 2 is 1.69 bits per heavy atom. The van der Waals surface area contributed by atoms with Crippen molar-refractivity contribution in [1.29, 1.82) is 0 Å². The molecule has 190 valence electrons. The number of benzene rings is 2. The minimum absolute atomic E-state index is 0.101. The highest BCUT2D eigenvalue weighted by molar-refractivity contribution is 7.89. The molecule has 2 N–H and O–H groups in total. The molecule has 3 aromatic rings. The summed E-state index contributed by atoms with van der Waals surface area (Å²) in [4.78, 5) is 22.0. The number of carboxylic acid groups (broad SMARTS) is 1. The maximum absolute atomic E-state index is 13.2. The van der Waals surface area contributed by atoms with Gasteiger partial charge in [-0.3, -0.25) is 0 Å². The van der Waals surface area contributed by atoms with Gasteiger partial charge in [-0.15, -0.1) is 0 Å². The predicted octanol–water partition coefficient (Wildman–Crippen LogP) is 3.03. The molecule has 12 heteroatoms. The van der Waals surface area contributed by atoms with Gasteiger partial charge in [-0.25, -0.2) is 22.6 Å². The molecule has 0 saturated carbocycles. The van der Waals surface area contributed by atoms with E-state index in [1.54, 1.807) is 18.2 Å². The zero-order valence-corrected chi connectivity index (χ0v) is 20.6. The summed E-state index contributed by atoms with van der Waals surface area (Å²) in [6, 6.07) is 13.4. The third-order valence-corrected chi connectivity index (χ3v) is 7.52. The van der Waals surface area contributed by atoms with Gasteiger partial charge in [0.2, 0.25) is 16.0 Å². The number of aryl methyl sites for hydroxylation is 1. The first-order valence-corrected chi connectivity index (χ1v) is 12.7. The second-order valence-corrected chi connectivity index (χ2v) is 10.2. The SMILES string of the molecule is Cc1cc(Nc2ccc(F)cc2)nc(N2CCN(S(=O)(=O)c3ccc(O[C@H](C)C(=O)O)cc3)CC2)n1. The average molecular weight is 516 g/mol. The number of hydrogen-bond acceptors (Lipinski definition) is 8. The third kappa shape index (κ3) is 5.89. The van der Waals surface area contributed by atoms with E-state index in [0.29, 0.717) is 30.5 Å². The molecule has 0 unspecified atom stereocenters. The topological polar surface area (TPSA) is 125 Å². The molecule has 0 spiro atoms. The van der Waals surface area contributed by atoms with E-state index in [1.807, 2.05) is 11.8 Å². The van der Waals surface area contributed by atoms with E-state index >= 15 is 0 Å². The van der Waals surface area contributed by atoms with Crippen LogP contribution in [-0.4, -0.2) is 66.0 Å². The van der Waals surface area contributed by atoms with E-state index in [1.165, 1.54) is 47.6 Å². The van der Waals surface area contributed by atoms with Crippen molar-refractivity contribution >= 4 is 33.4 Å². The van der Waals surface area contributed by atoms with Crippen molar-refractivity contribution < 1.29 is 27.4 Å². The second-order valence-electron chi connectivity index (χ2n) is 8.29. The van der Waals surface area contributed by atoms with Crippen LogP contribution in [0.3, 0.4) is 0 Å². The number of sulfonamides is 1. The largest absolute Gasteiger partial charge is 0.479 e. The lowest BCUT2D eigenvalue weighted by Gasteiger charge is -2.34. The molecule has 0 amide bonds. The summed E-state index contributed by atoms with van der Waals surface area (Å²) < 4.78 is 46.1. The van der Waals surface area contributed by atoms with Crippen LogP contribution in [0, 0.1) is 12.7 Å². The van der Waals surface area contributed by atoms with Crippen molar-refractivity contribution in [2.45, 2.75) is 24.8 Å². The van der Waals surface area contributed by atoms with Crippen LogP contribution in [-0.2, 0) is 14.8 Å². The number of carboxylic acids is 1. The molecular weight excluding hydrogens is 489 g/mol. The average Bonchev–Trinajstić information content (AvgIpc) is 2.85. The molecular formula is C24H26FN5O5S. The summed E-state index contributed by atoms with van der Waals surface area (Å²) in [6.45, 7) is 4.52. The van der Waals surface area contributed by atoms with Crippen molar-refractivity contribution in [3.63, 3.8) is 0 Å². The Labute approximate surface area is 208 Å². The smallest absolute Gasteiger partial charge is 0.344 e. The summed E-state index contributed by atoms with van der Waals surface area (Å²) >= 11 is 0. The molecule has 1 aliphatic heterocycles. The molecule has 1 aliphatic rings. The van der Waals surface area contributed by atoms with E-state index in [9.17, 15) is 17.6 Å². The fraction of sp³-hybridized carbons (Fsp3) is 0.292. The monoisotopic (exact) mass is 515 g/mol. The van der Waals surface area contributed by atoms with Gasteiger partial charge in [0.05, 0.1) is 4.90 Å². The molecule has 4 rings (SSSR count). The van der Waals surface area contributed by atoms with Crippen LogP contribution >= 0.6 is 0 Å². The third-order valence-electron chi connectivity index (χ3n) is 5.60. The Morgan fingerprint density at radius 1 is 1.06 bits per heavy atom. The lowest BCUT2D eigenvalue weighted by Crippen LogP contribution is -2.49. The van der Waals surface area contributed by atoms with E-state index in [4.69, 9.17) is 9.84 Å². The van der Waals surface area contributed by atoms with Crippen molar-refractivity contribution in [2.24, 2.45) is 0 Å². The van der Waals surface area contributed by atoms with E-state index in [2.05, 4.69) is 15.3 Å². The molecule has 1 saturated heterocycles. The van der Waals surface area contributed by atoms with Crippen molar-refractivity contribution in [3.05, 3.63) is 66.1 Å². The first-order chi connectivity index (χ1) is 17.1. The lowest BCUT2D eigenvalue weighted by atomic mass is 10.3. The van der Waals surface area contributed by atoms with Gasteiger partial charge in [0, 0.05) is 43.6 Å². The maximum Gasteiger partial charge on any atom is 0.344 e. The quantitative estimate of drug-likeness (QED) is 0.466. The molecule has 1 fully saturated rings. The Balaban J connectivity index is 1.41. The Kier molecular flexibility index (Phi) is 7.36. The van der Waals surface area contributed by atoms with Gasteiger partial charge in [0.25, 0.3) is 0 Å². The minimum Gasteiger partial charge on any atom is -0.479 e.